The third-order valence-corrected chi connectivity index (χ3v) is 3.68. The lowest BCUT2D eigenvalue weighted by molar-refractivity contribution is 0.481. The van der Waals surface area contributed by atoms with Crippen LogP contribution in [0.2, 0.25) is 0 Å². The van der Waals surface area contributed by atoms with Gasteiger partial charge in [0.25, 0.3) is 0 Å². The predicted octanol–water partition coefficient (Wildman–Crippen LogP) is 2.80. The molecule has 3 N–H and O–H groups in total. The fraction of sp³-hybridized carbons (Fsp3) is 0.308. The Hall–Kier alpha value is -1.31. The standard InChI is InChI=1S/C13H15BrF2N4/c1-3-20-10(6-7(2)19-20)13(18-17)11-9(15)5-4-8(14)12(11)16/h4-6,13,18H,3,17H2,1-2H3. The Kier molecular flexibility index (Phi) is 4.52. The van der Waals surface area contributed by atoms with Gasteiger partial charge < -0.3 is 0 Å². The van der Waals surface area contributed by atoms with E-state index in [-0.39, 0.29) is 10.0 Å². The molecule has 1 aromatic heterocycles. The van der Waals surface area contributed by atoms with Crippen LogP contribution in [0.25, 0.3) is 0 Å². The van der Waals surface area contributed by atoms with Gasteiger partial charge in [0.1, 0.15) is 11.6 Å². The fourth-order valence-electron chi connectivity index (χ4n) is 2.18. The molecular weight excluding hydrogens is 330 g/mol. The van der Waals surface area contributed by atoms with Crippen LogP contribution in [-0.2, 0) is 6.54 Å². The van der Waals surface area contributed by atoms with Crippen LogP contribution >= 0.6 is 15.9 Å². The highest BCUT2D eigenvalue weighted by Crippen LogP contribution is 2.30. The molecule has 0 saturated carbocycles. The maximum Gasteiger partial charge on any atom is 0.145 e. The number of hydrazine groups is 1. The first kappa shape index (κ1) is 15.1. The molecule has 1 aromatic carbocycles. The molecule has 1 atom stereocenters. The third kappa shape index (κ3) is 2.61. The Bertz CT molecular complexity index is 627. The molecule has 1 unspecified atom stereocenters. The lowest BCUT2D eigenvalue weighted by Crippen LogP contribution is -2.32. The maximum absolute atomic E-state index is 14.2. The molecule has 0 aliphatic heterocycles. The quantitative estimate of drug-likeness (QED) is 0.509. The van der Waals surface area contributed by atoms with Gasteiger partial charge in [-0.05, 0) is 48.0 Å². The zero-order valence-corrected chi connectivity index (χ0v) is 12.7. The van der Waals surface area contributed by atoms with Gasteiger partial charge >= 0.3 is 0 Å². The van der Waals surface area contributed by atoms with Crippen LogP contribution in [0.5, 0.6) is 0 Å². The molecule has 7 heteroatoms. The molecule has 2 aromatic rings. The molecule has 0 saturated heterocycles. The summed E-state index contributed by atoms with van der Waals surface area (Å²) in [6.45, 7) is 4.30. The van der Waals surface area contributed by atoms with Crippen molar-refractivity contribution in [1.29, 1.82) is 0 Å². The first-order chi connectivity index (χ1) is 9.49. The van der Waals surface area contributed by atoms with E-state index >= 15 is 0 Å². The van der Waals surface area contributed by atoms with Crippen LogP contribution in [0.3, 0.4) is 0 Å². The van der Waals surface area contributed by atoms with Crippen molar-refractivity contribution in [3.05, 3.63) is 51.3 Å². The second-order valence-corrected chi connectivity index (χ2v) is 5.24. The Morgan fingerprint density at radius 2 is 2.15 bits per heavy atom. The molecule has 0 fully saturated rings. The fourth-order valence-corrected chi connectivity index (χ4v) is 2.52. The van der Waals surface area contributed by atoms with Crippen molar-refractivity contribution in [2.24, 2.45) is 5.84 Å². The topological polar surface area (TPSA) is 55.9 Å². The Labute approximate surface area is 124 Å². The molecule has 0 aliphatic carbocycles. The van der Waals surface area contributed by atoms with E-state index in [2.05, 4.69) is 26.5 Å². The van der Waals surface area contributed by atoms with E-state index in [1.807, 2.05) is 13.8 Å². The van der Waals surface area contributed by atoms with Gasteiger partial charge in [-0.25, -0.2) is 14.2 Å². The van der Waals surface area contributed by atoms with Gasteiger partial charge in [0, 0.05) is 12.1 Å². The zero-order valence-electron chi connectivity index (χ0n) is 11.1. The summed E-state index contributed by atoms with van der Waals surface area (Å²) in [6.07, 6.45) is 0. The van der Waals surface area contributed by atoms with Gasteiger partial charge in [0.2, 0.25) is 0 Å². The molecular formula is C13H15BrF2N4. The van der Waals surface area contributed by atoms with E-state index in [1.54, 1.807) is 10.7 Å². The minimum Gasteiger partial charge on any atom is -0.271 e. The van der Waals surface area contributed by atoms with Crippen molar-refractivity contribution in [3.8, 4) is 0 Å². The van der Waals surface area contributed by atoms with Gasteiger partial charge in [-0.2, -0.15) is 5.10 Å². The summed E-state index contributed by atoms with van der Waals surface area (Å²) in [5.74, 6) is 4.19. The average molecular weight is 345 g/mol. The minimum absolute atomic E-state index is 0.128. The van der Waals surface area contributed by atoms with Crippen LogP contribution in [0.4, 0.5) is 8.78 Å². The second-order valence-electron chi connectivity index (χ2n) is 4.38. The molecule has 0 spiro atoms. The Morgan fingerprint density at radius 1 is 1.45 bits per heavy atom. The number of nitrogens with two attached hydrogens (primary N) is 1. The van der Waals surface area contributed by atoms with Crippen LogP contribution < -0.4 is 11.3 Å². The number of nitrogens with zero attached hydrogens (tertiary/aromatic N) is 2. The summed E-state index contributed by atoms with van der Waals surface area (Å²) in [4.78, 5) is 0. The highest BCUT2D eigenvalue weighted by atomic mass is 79.9. The second kappa shape index (κ2) is 5.99. The minimum atomic E-state index is -0.811. The zero-order chi connectivity index (χ0) is 14.9. The van der Waals surface area contributed by atoms with Gasteiger partial charge in [-0.3, -0.25) is 10.5 Å². The predicted molar refractivity (Wildman–Crippen MR) is 75.9 cm³/mol. The average Bonchev–Trinajstić information content (AvgIpc) is 2.80. The highest BCUT2D eigenvalue weighted by molar-refractivity contribution is 9.10. The number of benzene rings is 1. The molecule has 0 radical (unpaired) electrons. The van der Waals surface area contributed by atoms with Crippen molar-refractivity contribution in [1.82, 2.24) is 15.2 Å². The van der Waals surface area contributed by atoms with Crippen LogP contribution in [0.15, 0.2) is 22.7 Å². The lowest BCUT2D eigenvalue weighted by atomic mass is 10.0. The molecule has 0 aliphatic rings. The van der Waals surface area contributed by atoms with Crippen molar-refractivity contribution < 1.29 is 8.78 Å². The number of hydrogen-bond acceptors (Lipinski definition) is 3. The van der Waals surface area contributed by atoms with Crippen molar-refractivity contribution in [2.75, 3.05) is 0 Å². The molecule has 4 nitrogen and oxygen atoms in total. The van der Waals surface area contributed by atoms with Gasteiger partial charge in [-0.15, -0.1) is 0 Å². The van der Waals surface area contributed by atoms with E-state index in [0.717, 1.165) is 5.69 Å². The molecule has 20 heavy (non-hydrogen) atoms. The van der Waals surface area contributed by atoms with Gasteiger partial charge in [0.05, 0.1) is 21.9 Å². The number of rotatable bonds is 4. The molecule has 108 valence electrons. The van der Waals surface area contributed by atoms with E-state index in [4.69, 9.17) is 5.84 Å². The maximum atomic E-state index is 14.2. The summed E-state index contributed by atoms with van der Waals surface area (Å²) in [6, 6.07) is 3.47. The summed E-state index contributed by atoms with van der Waals surface area (Å²) >= 11 is 3.06. The van der Waals surface area contributed by atoms with Gasteiger partial charge in [-0.1, -0.05) is 0 Å². The Balaban J connectivity index is 2.61. The number of nitrogens with one attached hydrogen (secondary N) is 1. The number of hydrogen-bond donors (Lipinski definition) is 2. The van der Waals surface area contributed by atoms with Crippen LogP contribution in [0, 0.1) is 18.6 Å². The summed E-state index contributed by atoms with van der Waals surface area (Å²) in [5.41, 5.74) is 3.72. The summed E-state index contributed by atoms with van der Waals surface area (Å²) in [5, 5.41) is 4.27. The van der Waals surface area contributed by atoms with E-state index in [1.165, 1.54) is 12.1 Å². The SMILES string of the molecule is CCn1nc(C)cc1C(NN)c1c(F)ccc(Br)c1F. The molecule has 1 heterocycles. The smallest absolute Gasteiger partial charge is 0.145 e. The summed E-state index contributed by atoms with van der Waals surface area (Å²) < 4.78 is 30.1. The van der Waals surface area contributed by atoms with Crippen molar-refractivity contribution in [3.63, 3.8) is 0 Å². The monoisotopic (exact) mass is 344 g/mol. The number of aryl methyl sites for hydroxylation is 2. The number of aromatic nitrogens is 2. The van der Waals surface area contributed by atoms with Crippen LogP contribution in [-0.4, -0.2) is 9.78 Å². The van der Waals surface area contributed by atoms with Crippen LogP contribution in [0.1, 0.15) is 29.9 Å². The van der Waals surface area contributed by atoms with Crippen molar-refractivity contribution in [2.45, 2.75) is 26.4 Å². The number of halogens is 3. The highest BCUT2D eigenvalue weighted by Gasteiger charge is 2.25. The summed E-state index contributed by atoms with van der Waals surface area (Å²) in [7, 11) is 0. The van der Waals surface area contributed by atoms with Crippen molar-refractivity contribution >= 4 is 15.9 Å². The third-order valence-electron chi connectivity index (χ3n) is 3.06. The largest absolute Gasteiger partial charge is 0.271 e. The van der Waals surface area contributed by atoms with E-state index < -0.39 is 17.7 Å². The first-order valence-corrected chi connectivity index (χ1v) is 6.92. The van der Waals surface area contributed by atoms with E-state index in [9.17, 15) is 8.78 Å². The van der Waals surface area contributed by atoms with Gasteiger partial charge in [0.15, 0.2) is 0 Å². The Morgan fingerprint density at radius 3 is 2.75 bits per heavy atom. The first-order valence-electron chi connectivity index (χ1n) is 6.13. The molecule has 0 bridgehead atoms. The molecule has 2 rings (SSSR count). The normalized spacial score (nSPS) is 12.7. The lowest BCUT2D eigenvalue weighted by Gasteiger charge is -2.19. The van der Waals surface area contributed by atoms with E-state index in [0.29, 0.717) is 12.2 Å². The molecule has 0 amide bonds.